The van der Waals surface area contributed by atoms with Gasteiger partial charge in [0.1, 0.15) is 22.6 Å². The highest BCUT2D eigenvalue weighted by Crippen LogP contribution is 2.53. The number of nitrogens with one attached hydrogen (secondary N) is 2. The number of aromatic nitrogens is 4. The van der Waals surface area contributed by atoms with Gasteiger partial charge in [-0.05, 0) is 92.2 Å². The maximum atomic E-state index is 13.7. The van der Waals surface area contributed by atoms with Gasteiger partial charge in [-0.3, -0.25) is 9.59 Å². The fourth-order valence-electron chi connectivity index (χ4n) is 6.09. The Morgan fingerprint density at radius 3 is 1.98 bits per heavy atom. The number of piperidine rings is 1. The number of benzene rings is 1. The number of anilines is 2. The van der Waals surface area contributed by atoms with Crippen LogP contribution >= 0.6 is 0 Å². The molecule has 3 aromatic rings. The average Bonchev–Trinajstić information content (AvgIpc) is 3.33. The van der Waals surface area contributed by atoms with Gasteiger partial charge in [-0.1, -0.05) is 24.3 Å². The van der Waals surface area contributed by atoms with Crippen LogP contribution < -0.4 is 15.1 Å². The smallest absolute Gasteiger partial charge is 0.425 e. The average molecular weight is 734 g/mol. The Kier molecular flexibility index (Phi) is 11.2. The Balaban J connectivity index is 1.44. The number of imide groups is 1. The lowest BCUT2D eigenvalue weighted by atomic mass is 10.1. The minimum atomic E-state index is -0.989. The zero-order valence-corrected chi connectivity index (χ0v) is 32.2. The predicted octanol–water partition coefficient (Wildman–Crippen LogP) is 5.89. The summed E-state index contributed by atoms with van der Waals surface area (Å²) in [5.41, 5.74) is 0.106. The molecule has 3 heterocycles. The number of amides is 2. The van der Waals surface area contributed by atoms with E-state index in [1.807, 2.05) is 49.9 Å². The molecule has 1 saturated heterocycles. The van der Waals surface area contributed by atoms with Crippen molar-refractivity contribution in [2.75, 3.05) is 36.0 Å². The number of H-pyrrole nitrogens is 1. The van der Waals surface area contributed by atoms with Gasteiger partial charge in [0.05, 0.1) is 37.2 Å². The summed E-state index contributed by atoms with van der Waals surface area (Å²) >= 11 is 0. The van der Waals surface area contributed by atoms with Crippen LogP contribution in [0.3, 0.4) is 0 Å². The van der Waals surface area contributed by atoms with Gasteiger partial charge in [0.15, 0.2) is 17.3 Å². The standard InChI is InChI=1S/C38H51N7O8/c1-11-50-33(47)29-24-20-44(21-25(24)29)27-18-41-32(45(34(48)52-37(5,6)7)35(49)53-38(8,9)10)30(43-27)31-40-17-26(42-31)23-14-12-22(13-15-23)16-39-19-28(46)51-36(2,3)4/h12-15,17-18,24-25,29,39H,11,16,19-21H2,1-10H3,(H,40,42)/t24-,25+,29?. The van der Waals surface area contributed by atoms with E-state index in [2.05, 4.69) is 20.3 Å². The second kappa shape index (κ2) is 15.1. The highest BCUT2D eigenvalue weighted by Gasteiger charge is 2.60. The molecular weight excluding hydrogens is 682 g/mol. The molecule has 1 aliphatic carbocycles. The number of rotatable bonds is 10. The monoisotopic (exact) mass is 733 g/mol. The summed E-state index contributed by atoms with van der Waals surface area (Å²) < 4.78 is 21.9. The van der Waals surface area contributed by atoms with E-state index in [1.54, 1.807) is 54.7 Å². The van der Waals surface area contributed by atoms with Gasteiger partial charge in [-0.15, -0.1) is 0 Å². The van der Waals surface area contributed by atoms with Gasteiger partial charge in [0, 0.05) is 19.6 Å². The molecular formula is C38H51N7O8. The molecule has 2 aromatic heterocycles. The molecule has 286 valence electrons. The molecule has 0 radical (unpaired) electrons. The van der Waals surface area contributed by atoms with E-state index in [-0.39, 0.29) is 53.6 Å². The van der Waals surface area contributed by atoms with Gasteiger partial charge in [0.25, 0.3) is 0 Å². The first-order valence-corrected chi connectivity index (χ1v) is 17.8. The van der Waals surface area contributed by atoms with Crippen LogP contribution in [0.2, 0.25) is 0 Å². The lowest BCUT2D eigenvalue weighted by Crippen LogP contribution is -2.44. The Morgan fingerprint density at radius 1 is 0.849 bits per heavy atom. The number of ether oxygens (including phenoxy) is 4. The van der Waals surface area contributed by atoms with E-state index in [0.29, 0.717) is 37.8 Å². The van der Waals surface area contributed by atoms with E-state index in [1.165, 1.54) is 6.20 Å². The van der Waals surface area contributed by atoms with Crippen molar-refractivity contribution in [1.29, 1.82) is 0 Å². The molecule has 1 saturated carbocycles. The van der Waals surface area contributed by atoms with Crippen molar-refractivity contribution in [3.05, 3.63) is 42.2 Å². The van der Waals surface area contributed by atoms with Crippen molar-refractivity contribution in [2.45, 2.75) is 92.6 Å². The van der Waals surface area contributed by atoms with Crippen LogP contribution in [0, 0.1) is 17.8 Å². The number of nitrogens with zero attached hydrogens (tertiary/aromatic N) is 5. The zero-order chi connectivity index (χ0) is 38.9. The van der Waals surface area contributed by atoms with E-state index in [9.17, 15) is 19.2 Å². The lowest BCUT2D eigenvalue weighted by Gasteiger charge is -2.29. The van der Waals surface area contributed by atoms with Crippen LogP contribution in [0.4, 0.5) is 21.2 Å². The van der Waals surface area contributed by atoms with Gasteiger partial charge in [0.2, 0.25) is 0 Å². The summed E-state index contributed by atoms with van der Waals surface area (Å²) in [7, 11) is 0. The molecule has 1 unspecified atom stereocenters. The number of carbonyl (C=O) groups excluding carboxylic acids is 4. The first-order valence-electron chi connectivity index (χ1n) is 17.8. The van der Waals surface area contributed by atoms with E-state index in [4.69, 9.17) is 23.9 Å². The Labute approximate surface area is 310 Å². The van der Waals surface area contributed by atoms with E-state index in [0.717, 1.165) is 16.0 Å². The zero-order valence-electron chi connectivity index (χ0n) is 32.2. The molecule has 3 atom stereocenters. The highest BCUT2D eigenvalue weighted by molar-refractivity contribution is 6.10. The first kappa shape index (κ1) is 39.2. The summed E-state index contributed by atoms with van der Waals surface area (Å²) in [6.45, 7) is 19.5. The molecule has 1 aromatic carbocycles. The maximum absolute atomic E-state index is 13.7. The molecule has 5 rings (SSSR count). The molecule has 1 aliphatic heterocycles. The summed E-state index contributed by atoms with van der Waals surface area (Å²) in [4.78, 5) is 72.0. The van der Waals surface area contributed by atoms with Crippen LogP contribution in [-0.4, -0.2) is 87.1 Å². The predicted molar refractivity (Wildman–Crippen MR) is 197 cm³/mol. The Bertz CT molecular complexity index is 1780. The van der Waals surface area contributed by atoms with Crippen molar-refractivity contribution >= 4 is 35.8 Å². The van der Waals surface area contributed by atoms with Crippen molar-refractivity contribution in [3.8, 4) is 22.8 Å². The minimum Gasteiger partial charge on any atom is -0.466 e. The molecule has 0 spiro atoms. The maximum Gasteiger partial charge on any atom is 0.425 e. The van der Waals surface area contributed by atoms with Crippen LogP contribution in [0.25, 0.3) is 22.8 Å². The molecule has 53 heavy (non-hydrogen) atoms. The van der Waals surface area contributed by atoms with E-state index >= 15 is 0 Å². The van der Waals surface area contributed by atoms with Crippen molar-refractivity contribution in [2.24, 2.45) is 17.8 Å². The highest BCUT2D eigenvalue weighted by atomic mass is 16.6. The quantitative estimate of drug-likeness (QED) is 0.186. The van der Waals surface area contributed by atoms with Crippen molar-refractivity contribution in [1.82, 2.24) is 25.3 Å². The molecule has 15 nitrogen and oxygen atoms in total. The van der Waals surface area contributed by atoms with Crippen LogP contribution in [0.5, 0.6) is 0 Å². The number of hydrogen-bond acceptors (Lipinski definition) is 13. The largest absolute Gasteiger partial charge is 0.466 e. The first-order chi connectivity index (χ1) is 24.7. The van der Waals surface area contributed by atoms with Gasteiger partial charge in [-0.2, -0.15) is 4.90 Å². The third kappa shape index (κ3) is 10.1. The molecule has 2 N–H and O–H groups in total. The molecule has 15 heteroatoms. The van der Waals surface area contributed by atoms with E-state index < -0.39 is 29.0 Å². The second-order valence-electron chi connectivity index (χ2n) is 16.2. The molecule has 0 bridgehead atoms. The fraction of sp³-hybridized carbons (Fsp3) is 0.553. The number of esters is 2. The number of imidazole rings is 1. The third-order valence-electron chi connectivity index (χ3n) is 8.26. The minimum absolute atomic E-state index is 0.0830. The number of hydrogen-bond donors (Lipinski definition) is 2. The normalized spacial score (nSPS) is 18.2. The number of carbonyl (C=O) groups is 4. The number of fused-ring (bicyclic) bond motifs is 1. The summed E-state index contributed by atoms with van der Waals surface area (Å²) in [6, 6.07) is 7.68. The molecule has 2 fully saturated rings. The van der Waals surface area contributed by atoms with Gasteiger partial charge >= 0.3 is 24.1 Å². The third-order valence-corrected chi connectivity index (χ3v) is 8.26. The summed E-state index contributed by atoms with van der Waals surface area (Å²) in [6.07, 6.45) is 1.14. The lowest BCUT2D eigenvalue weighted by molar-refractivity contribution is -0.153. The second-order valence-corrected chi connectivity index (χ2v) is 16.2. The topological polar surface area (TPSA) is 178 Å². The molecule has 2 amide bonds. The van der Waals surface area contributed by atoms with Crippen molar-refractivity contribution < 1.29 is 38.1 Å². The fourth-order valence-corrected chi connectivity index (χ4v) is 6.09. The summed E-state index contributed by atoms with van der Waals surface area (Å²) in [5.74, 6) is 0.263. The molecule has 2 aliphatic rings. The summed E-state index contributed by atoms with van der Waals surface area (Å²) in [5, 5.41) is 3.10. The number of aromatic amines is 1. The van der Waals surface area contributed by atoms with Crippen molar-refractivity contribution in [3.63, 3.8) is 0 Å². The Hall–Kier alpha value is -5.05. The van der Waals surface area contributed by atoms with Crippen LogP contribution in [0.15, 0.2) is 36.7 Å². The Morgan fingerprint density at radius 2 is 1.43 bits per heavy atom. The van der Waals surface area contributed by atoms with Crippen LogP contribution in [-0.2, 0) is 35.1 Å². The van der Waals surface area contributed by atoms with Gasteiger partial charge in [-0.25, -0.2) is 24.5 Å². The van der Waals surface area contributed by atoms with Gasteiger partial charge < -0.3 is 34.1 Å². The van der Waals surface area contributed by atoms with Crippen LogP contribution in [0.1, 0.15) is 74.8 Å². The SMILES string of the molecule is CCOC(=O)C1[C@H]2CN(c3cnc(N(C(=O)OC(C)(C)C)C(=O)OC(C)(C)C)c(-c4ncc(-c5ccc(CNCC(=O)OC(C)(C)C)cc5)[nH]4)n3)C[C@@H]12.